The van der Waals surface area contributed by atoms with E-state index in [1.807, 2.05) is 30.5 Å². The number of methoxy groups -OCH3 is 2. The van der Waals surface area contributed by atoms with E-state index >= 15 is 0 Å². The molecule has 2 aromatic carbocycles. The first-order valence-electron chi connectivity index (χ1n) is 10.1. The van der Waals surface area contributed by atoms with Gasteiger partial charge in [-0.1, -0.05) is 13.8 Å². The molecule has 4 nitrogen and oxygen atoms in total. The van der Waals surface area contributed by atoms with Crippen LogP contribution in [-0.4, -0.2) is 32.5 Å². The third kappa shape index (κ3) is 4.01. The maximum Gasteiger partial charge on any atom is 0.129 e. The van der Waals surface area contributed by atoms with Crippen LogP contribution < -0.4 is 14.4 Å². The van der Waals surface area contributed by atoms with Gasteiger partial charge in [0.2, 0.25) is 0 Å². The highest BCUT2D eigenvalue weighted by atomic mass is 16.5. The maximum atomic E-state index is 5.73. The van der Waals surface area contributed by atoms with E-state index in [4.69, 9.17) is 9.47 Å². The van der Waals surface area contributed by atoms with E-state index in [1.54, 1.807) is 14.2 Å². The molecular formula is C24H32N2O2. The van der Waals surface area contributed by atoms with Crippen molar-refractivity contribution in [1.29, 1.82) is 0 Å². The number of hydrogen-bond acceptors (Lipinski definition) is 4. The van der Waals surface area contributed by atoms with Crippen molar-refractivity contribution in [2.45, 2.75) is 52.0 Å². The highest BCUT2D eigenvalue weighted by Gasteiger charge is 2.36. The summed E-state index contributed by atoms with van der Waals surface area (Å²) in [7, 11) is 3.40. The molecule has 0 saturated heterocycles. The number of nitrogens with zero attached hydrogens (tertiary/aromatic N) is 2. The number of hydrogen-bond donors (Lipinski definition) is 0. The van der Waals surface area contributed by atoms with Crippen LogP contribution in [0.3, 0.4) is 0 Å². The van der Waals surface area contributed by atoms with Gasteiger partial charge in [-0.2, -0.15) is 0 Å². The summed E-state index contributed by atoms with van der Waals surface area (Å²) in [5, 5.41) is 0. The van der Waals surface area contributed by atoms with Crippen LogP contribution in [0.2, 0.25) is 0 Å². The van der Waals surface area contributed by atoms with Crippen LogP contribution in [0, 0.1) is 0 Å². The minimum atomic E-state index is 0.145. The molecule has 28 heavy (non-hydrogen) atoms. The number of ether oxygens (including phenoxy) is 2. The summed E-state index contributed by atoms with van der Waals surface area (Å²) in [6.45, 7) is 10.3. The van der Waals surface area contributed by atoms with Crippen molar-refractivity contribution in [1.82, 2.24) is 0 Å². The molecule has 1 unspecified atom stereocenters. The fraction of sp³-hybridized carbons (Fsp3) is 0.458. The highest BCUT2D eigenvalue weighted by molar-refractivity contribution is 5.87. The maximum absolute atomic E-state index is 5.73. The van der Waals surface area contributed by atoms with Crippen molar-refractivity contribution in [3.05, 3.63) is 47.5 Å². The van der Waals surface area contributed by atoms with E-state index < -0.39 is 0 Å². The van der Waals surface area contributed by atoms with E-state index in [9.17, 15) is 0 Å². The molecule has 0 fully saturated rings. The first-order valence-corrected chi connectivity index (χ1v) is 10.1. The topological polar surface area (TPSA) is 34.1 Å². The number of fused-ring (bicyclic) bond motifs is 1. The van der Waals surface area contributed by atoms with E-state index in [0.717, 1.165) is 42.1 Å². The Morgan fingerprint density at radius 1 is 1.14 bits per heavy atom. The summed E-state index contributed by atoms with van der Waals surface area (Å²) in [6, 6.07) is 12.2. The summed E-state index contributed by atoms with van der Waals surface area (Å²) < 4.78 is 10.9. The summed E-state index contributed by atoms with van der Waals surface area (Å²) in [4.78, 5) is 7.18. The molecule has 1 atom stereocenters. The molecular weight excluding hydrogens is 348 g/mol. The average molecular weight is 381 g/mol. The summed E-state index contributed by atoms with van der Waals surface area (Å²) >= 11 is 0. The van der Waals surface area contributed by atoms with E-state index in [1.165, 1.54) is 11.3 Å². The highest BCUT2D eigenvalue weighted by Crippen LogP contribution is 2.45. The van der Waals surface area contributed by atoms with Crippen molar-refractivity contribution in [3.63, 3.8) is 0 Å². The number of aliphatic imine (C=N–C) groups is 1. The predicted molar refractivity (Wildman–Crippen MR) is 118 cm³/mol. The Morgan fingerprint density at radius 3 is 2.46 bits per heavy atom. The molecule has 0 aliphatic carbocycles. The summed E-state index contributed by atoms with van der Waals surface area (Å²) in [5.74, 6) is 2.19. The minimum Gasteiger partial charge on any atom is -0.497 e. The standard InChI is InChI=1S/C24H32N2O2/c1-7-12-26-22-14-23(28-6)18(13-21(22)17(2)15-24(26,3)4)16-25-19-8-10-20(27-5)11-9-19/h8-11,13-14,16-17H,7,12,15H2,1-6H3. The van der Waals surface area contributed by atoms with Crippen LogP contribution in [0.4, 0.5) is 11.4 Å². The van der Waals surface area contributed by atoms with Crippen molar-refractivity contribution < 1.29 is 9.47 Å². The monoisotopic (exact) mass is 380 g/mol. The molecule has 1 aliphatic rings. The molecule has 4 heteroatoms. The lowest BCUT2D eigenvalue weighted by Gasteiger charge is -2.47. The Bertz CT molecular complexity index is 840. The van der Waals surface area contributed by atoms with Crippen molar-refractivity contribution in [2.24, 2.45) is 4.99 Å². The molecule has 2 aromatic rings. The molecule has 150 valence electrons. The third-order valence-corrected chi connectivity index (χ3v) is 5.61. The Balaban J connectivity index is 1.99. The second kappa shape index (κ2) is 8.26. The molecule has 0 bridgehead atoms. The van der Waals surface area contributed by atoms with Gasteiger partial charge in [0, 0.05) is 35.6 Å². The van der Waals surface area contributed by atoms with Crippen molar-refractivity contribution in [3.8, 4) is 11.5 Å². The minimum absolute atomic E-state index is 0.145. The Labute approximate surface area is 169 Å². The van der Waals surface area contributed by atoms with Gasteiger partial charge in [-0.25, -0.2) is 0 Å². The van der Waals surface area contributed by atoms with Crippen LogP contribution in [0.5, 0.6) is 11.5 Å². The SMILES string of the molecule is CCCN1c2cc(OC)c(C=Nc3ccc(OC)cc3)cc2C(C)CC1(C)C. The quantitative estimate of drug-likeness (QED) is 0.580. The Morgan fingerprint density at radius 2 is 1.86 bits per heavy atom. The molecule has 1 heterocycles. The summed E-state index contributed by atoms with van der Waals surface area (Å²) in [6.07, 6.45) is 4.17. The number of anilines is 1. The molecule has 3 rings (SSSR count). The zero-order chi connectivity index (χ0) is 20.3. The van der Waals surface area contributed by atoms with E-state index in [2.05, 4.69) is 49.7 Å². The smallest absolute Gasteiger partial charge is 0.129 e. The van der Waals surface area contributed by atoms with Gasteiger partial charge in [0.25, 0.3) is 0 Å². The zero-order valence-electron chi connectivity index (χ0n) is 18.0. The largest absolute Gasteiger partial charge is 0.497 e. The van der Waals surface area contributed by atoms with E-state index in [-0.39, 0.29) is 5.54 Å². The molecule has 0 radical (unpaired) electrons. The van der Waals surface area contributed by atoms with Crippen LogP contribution in [0.1, 0.15) is 57.6 Å². The van der Waals surface area contributed by atoms with Gasteiger partial charge in [0.1, 0.15) is 11.5 Å². The van der Waals surface area contributed by atoms with Gasteiger partial charge < -0.3 is 14.4 Å². The molecule has 0 amide bonds. The Kier molecular flexibility index (Phi) is 5.97. The fourth-order valence-corrected chi connectivity index (χ4v) is 4.26. The second-order valence-electron chi connectivity index (χ2n) is 8.18. The first-order chi connectivity index (χ1) is 13.4. The number of rotatable bonds is 6. The first kappa shape index (κ1) is 20.2. The van der Waals surface area contributed by atoms with Gasteiger partial charge in [-0.05, 0) is 68.5 Å². The van der Waals surface area contributed by atoms with Crippen molar-refractivity contribution in [2.75, 3.05) is 25.7 Å². The van der Waals surface area contributed by atoms with Crippen LogP contribution in [-0.2, 0) is 0 Å². The molecule has 0 saturated carbocycles. The van der Waals surface area contributed by atoms with Gasteiger partial charge in [-0.15, -0.1) is 0 Å². The van der Waals surface area contributed by atoms with Gasteiger partial charge >= 0.3 is 0 Å². The number of benzene rings is 2. The second-order valence-corrected chi connectivity index (χ2v) is 8.18. The van der Waals surface area contributed by atoms with Gasteiger partial charge in [0.05, 0.1) is 19.9 Å². The lowest BCUT2D eigenvalue weighted by molar-refractivity contribution is 0.372. The fourth-order valence-electron chi connectivity index (χ4n) is 4.26. The van der Waals surface area contributed by atoms with Crippen LogP contribution >= 0.6 is 0 Å². The van der Waals surface area contributed by atoms with Gasteiger partial charge in [-0.3, -0.25) is 4.99 Å². The third-order valence-electron chi connectivity index (χ3n) is 5.61. The predicted octanol–water partition coefficient (Wildman–Crippen LogP) is 5.96. The zero-order valence-corrected chi connectivity index (χ0v) is 18.0. The van der Waals surface area contributed by atoms with Crippen LogP contribution in [0.25, 0.3) is 0 Å². The lowest BCUT2D eigenvalue weighted by atomic mass is 9.79. The molecule has 1 aliphatic heterocycles. The Hall–Kier alpha value is -2.49. The van der Waals surface area contributed by atoms with E-state index in [0.29, 0.717) is 5.92 Å². The van der Waals surface area contributed by atoms with Gasteiger partial charge in [0.15, 0.2) is 0 Å². The van der Waals surface area contributed by atoms with Crippen LogP contribution in [0.15, 0.2) is 41.4 Å². The van der Waals surface area contributed by atoms with Crippen molar-refractivity contribution >= 4 is 17.6 Å². The molecule has 0 N–H and O–H groups in total. The lowest BCUT2D eigenvalue weighted by Crippen LogP contribution is -2.48. The summed E-state index contributed by atoms with van der Waals surface area (Å²) in [5.41, 5.74) is 4.72. The molecule has 0 aromatic heterocycles. The normalized spacial score (nSPS) is 18.2. The average Bonchev–Trinajstić information content (AvgIpc) is 2.69. The molecule has 0 spiro atoms.